The molecule has 0 saturated carbocycles. The number of esters is 1. The van der Waals surface area contributed by atoms with Gasteiger partial charge in [-0.15, -0.1) is 0 Å². The Morgan fingerprint density at radius 3 is 3.00 bits per heavy atom. The van der Waals surface area contributed by atoms with Crippen molar-refractivity contribution in [1.29, 1.82) is 0 Å². The second-order valence-electron chi connectivity index (χ2n) is 4.41. The lowest BCUT2D eigenvalue weighted by Crippen LogP contribution is -2.53. The van der Waals surface area contributed by atoms with Crippen LogP contribution in [0.1, 0.15) is 0 Å². The number of carbonyl (C=O) groups excluding carboxylic acids is 1. The number of benzene rings is 1. The third-order valence-electron chi connectivity index (χ3n) is 2.96. The molecule has 0 aliphatic carbocycles. The predicted molar refractivity (Wildman–Crippen MR) is 73.6 cm³/mol. The van der Waals surface area contributed by atoms with Gasteiger partial charge in [-0.2, -0.15) is 0 Å². The van der Waals surface area contributed by atoms with Gasteiger partial charge in [0.15, 0.2) is 5.13 Å². The Labute approximate surface area is 114 Å². The van der Waals surface area contributed by atoms with E-state index < -0.39 is 0 Å². The Bertz CT molecular complexity index is 559. The number of fused-ring (bicyclic) bond motifs is 1. The summed E-state index contributed by atoms with van der Waals surface area (Å²) in [5.74, 6) is -0.309. The summed E-state index contributed by atoms with van der Waals surface area (Å²) in [6.45, 7) is 1.42. The van der Waals surface area contributed by atoms with Gasteiger partial charge >= 0.3 is 5.97 Å². The standard InChI is InChI=1S/C13H14N2O3S/c1-17-8-12(16)18-9-6-15(7-9)13-14-10-4-2-3-5-11(10)19-13/h2-5,9H,6-8H2,1H3. The zero-order valence-corrected chi connectivity index (χ0v) is 11.4. The van der Waals surface area contributed by atoms with Crippen LogP contribution >= 0.6 is 11.3 Å². The first-order valence-electron chi connectivity index (χ1n) is 6.05. The van der Waals surface area contributed by atoms with Crippen molar-refractivity contribution in [3.63, 3.8) is 0 Å². The number of aromatic nitrogens is 1. The SMILES string of the molecule is COCC(=O)OC1CN(c2nc3ccccc3s2)C1. The highest BCUT2D eigenvalue weighted by Gasteiger charge is 2.31. The first-order valence-corrected chi connectivity index (χ1v) is 6.87. The van der Waals surface area contributed by atoms with Crippen LogP contribution in [0.3, 0.4) is 0 Å². The van der Waals surface area contributed by atoms with E-state index in [9.17, 15) is 4.79 Å². The van der Waals surface area contributed by atoms with E-state index in [0.717, 1.165) is 10.6 Å². The number of anilines is 1. The van der Waals surface area contributed by atoms with Crippen molar-refractivity contribution in [2.45, 2.75) is 6.10 Å². The molecule has 1 fully saturated rings. The van der Waals surface area contributed by atoms with Crippen molar-refractivity contribution in [3.05, 3.63) is 24.3 Å². The summed E-state index contributed by atoms with van der Waals surface area (Å²) in [4.78, 5) is 17.9. The van der Waals surface area contributed by atoms with Crippen LogP contribution < -0.4 is 4.90 Å². The van der Waals surface area contributed by atoms with Crippen molar-refractivity contribution in [3.8, 4) is 0 Å². The van der Waals surface area contributed by atoms with Crippen LogP contribution in [0, 0.1) is 0 Å². The molecule has 1 aromatic carbocycles. The molecule has 1 aliphatic heterocycles. The third-order valence-corrected chi connectivity index (χ3v) is 4.06. The molecule has 6 heteroatoms. The first kappa shape index (κ1) is 12.4. The molecular formula is C13H14N2O3S. The predicted octanol–water partition coefficient (Wildman–Crippen LogP) is 1.67. The maximum Gasteiger partial charge on any atom is 0.332 e. The van der Waals surface area contributed by atoms with Gasteiger partial charge in [-0.25, -0.2) is 9.78 Å². The van der Waals surface area contributed by atoms with E-state index in [1.54, 1.807) is 11.3 Å². The van der Waals surface area contributed by atoms with E-state index in [2.05, 4.69) is 16.0 Å². The molecule has 19 heavy (non-hydrogen) atoms. The zero-order valence-electron chi connectivity index (χ0n) is 10.5. The Balaban J connectivity index is 1.59. The summed E-state index contributed by atoms with van der Waals surface area (Å²) in [5, 5.41) is 0.986. The number of hydrogen-bond acceptors (Lipinski definition) is 6. The summed E-state index contributed by atoms with van der Waals surface area (Å²) in [5.41, 5.74) is 1.02. The molecule has 0 spiro atoms. The average Bonchev–Trinajstić information content (AvgIpc) is 2.76. The maximum absolute atomic E-state index is 11.3. The maximum atomic E-state index is 11.3. The van der Waals surface area contributed by atoms with E-state index in [1.165, 1.54) is 11.8 Å². The summed E-state index contributed by atoms with van der Waals surface area (Å²) >= 11 is 1.66. The minimum Gasteiger partial charge on any atom is -0.457 e. The van der Waals surface area contributed by atoms with Gasteiger partial charge in [0.1, 0.15) is 12.7 Å². The molecule has 0 unspecified atom stereocenters. The van der Waals surface area contributed by atoms with Crippen LogP contribution in [0.25, 0.3) is 10.2 Å². The van der Waals surface area contributed by atoms with Gasteiger partial charge in [0.05, 0.1) is 23.3 Å². The normalized spacial score (nSPS) is 15.5. The molecule has 1 aliphatic rings. The molecule has 1 aromatic heterocycles. The number of para-hydroxylation sites is 1. The molecule has 0 atom stereocenters. The van der Waals surface area contributed by atoms with Crippen LogP contribution in [0.2, 0.25) is 0 Å². The zero-order chi connectivity index (χ0) is 13.2. The van der Waals surface area contributed by atoms with E-state index in [-0.39, 0.29) is 18.7 Å². The highest BCUT2D eigenvalue weighted by Crippen LogP contribution is 2.31. The van der Waals surface area contributed by atoms with Crippen LogP contribution in [0.15, 0.2) is 24.3 Å². The van der Waals surface area contributed by atoms with Crippen molar-refractivity contribution in [2.24, 2.45) is 0 Å². The minimum atomic E-state index is -0.309. The van der Waals surface area contributed by atoms with Gasteiger partial charge in [-0.3, -0.25) is 0 Å². The van der Waals surface area contributed by atoms with Crippen LogP contribution in [-0.2, 0) is 14.3 Å². The van der Waals surface area contributed by atoms with Crippen LogP contribution in [0.4, 0.5) is 5.13 Å². The van der Waals surface area contributed by atoms with Gasteiger partial charge in [-0.1, -0.05) is 23.5 Å². The van der Waals surface area contributed by atoms with E-state index in [1.807, 2.05) is 18.2 Å². The quantitative estimate of drug-likeness (QED) is 0.796. The molecular weight excluding hydrogens is 264 g/mol. The molecule has 0 radical (unpaired) electrons. The van der Waals surface area contributed by atoms with Crippen molar-refractivity contribution in [2.75, 3.05) is 31.7 Å². The summed E-state index contributed by atoms with van der Waals surface area (Å²) in [6, 6.07) is 8.06. The Kier molecular flexibility index (Phi) is 3.35. The van der Waals surface area contributed by atoms with Gasteiger partial charge in [0, 0.05) is 7.11 Å². The molecule has 0 bridgehead atoms. The van der Waals surface area contributed by atoms with Gasteiger partial charge in [0.25, 0.3) is 0 Å². The number of hydrogen-bond donors (Lipinski definition) is 0. The lowest BCUT2D eigenvalue weighted by molar-refractivity contribution is -0.154. The third kappa shape index (κ3) is 2.54. The van der Waals surface area contributed by atoms with E-state index in [4.69, 9.17) is 9.47 Å². The Hall–Kier alpha value is -1.66. The highest BCUT2D eigenvalue weighted by atomic mass is 32.1. The van der Waals surface area contributed by atoms with Crippen LogP contribution in [-0.4, -0.2) is 43.9 Å². The van der Waals surface area contributed by atoms with Gasteiger partial charge in [0.2, 0.25) is 0 Å². The molecule has 0 amide bonds. The number of rotatable bonds is 4. The first-order chi connectivity index (χ1) is 9.26. The molecule has 1 saturated heterocycles. The fourth-order valence-electron chi connectivity index (χ4n) is 2.00. The highest BCUT2D eigenvalue weighted by molar-refractivity contribution is 7.22. The summed E-state index contributed by atoms with van der Waals surface area (Å²) in [6.07, 6.45) is -0.0466. The fraction of sp³-hybridized carbons (Fsp3) is 0.385. The number of thiazole rings is 1. The summed E-state index contributed by atoms with van der Waals surface area (Å²) < 4.78 is 11.1. The number of ether oxygens (including phenoxy) is 2. The summed E-state index contributed by atoms with van der Waals surface area (Å²) in [7, 11) is 1.48. The molecule has 100 valence electrons. The molecule has 5 nitrogen and oxygen atoms in total. The number of methoxy groups -OCH3 is 1. The molecule has 2 heterocycles. The van der Waals surface area contributed by atoms with Gasteiger partial charge < -0.3 is 14.4 Å². The van der Waals surface area contributed by atoms with Crippen LogP contribution in [0.5, 0.6) is 0 Å². The Morgan fingerprint density at radius 2 is 2.26 bits per heavy atom. The molecule has 3 rings (SSSR count). The smallest absolute Gasteiger partial charge is 0.332 e. The lowest BCUT2D eigenvalue weighted by atomic mass is 10.2. The van der Waals surface area contributed by atoms with Crippen molar-refractivity contribution >= 4 is 32.7 Å². The largest absolute Gasteiger partial charge is 0.457 e. The fourth-order valence-corrected chi connectivity index (χ4v) is 2.99. The topological polar surface area (TPSA) is 51.7 Å². The van der Waals surface area contributed by atoms with E-state index >= 15 is 0 Å². The number of carbonyl (C=O) groups is 1. The minimum absolute atomic E-state index is 0.0115. The average molecular weight is 278 g/mol. The number of nitrogens with zero attached hydrogens (tertiary/aromatic N) is 2. The second kappa shape index (κ2) is 5.14. The molecule has 0 N–H and O–H groups in total. The monoisotopic (exact) mass is 278 g/mol. The van der Waals surface area contributed by atoms with Gasteiger partial charge in [-0.05, 0) is 12.1 Å². The van der Waals surface area contributed by atoms with Crippen molar-refractivity contribution in [1.82, 2.24) is 4.98 Å². The van der Waals surface area contributed by atoms with Crippen molar-refractivity contribution < 1.29 is 14.3 Å². The van der Waals surface area contributed by atoms with E-state index in [0.29, 0.717) is 13.1 Å². The lowest BCUT2D eigenvalue weighted by Gasteiger charge is -2.38. The molecule has 2 aromatic rings. The Morgan fingerprint density at radius 1 is 1.47 bits per heavy atom. The second-order valence-corrected chi connectivity index (χ2v) is 5.42.